The highest BCUT2D eigenvalue weighted by Gasteiger charge is 2.36. The Labute approximate surface area is 214 Å². The van der Waals surface area contributed by atoms with Gasteiger partial charge in [0.15, 0.2) is 17.3 Å². The van der Waals surface area contributed by atoms with Gasteiger partial charge < -0.3 is 14.4 Å². The molecule has 0 aliphatic carbocycles. The zero-order valence-electron chi connectivity index (χ0n) is 21.1. The van der Waals surface area contributed by atoms with Crippen molar-refractivity contribution in [1.29, 1.82) is 5.26 Å². The predicted molar refractivity (Wildman–Crippen MR) is 138 cm³/mol. The van der Waals surface area contributed by atoms with Gasteiger partial charge in [-0.1, -0.05) is 19.9 Å². The fourth-order valence-electron chi connectivity index (χ4n) is 4.98. The van der Waals surface area contributed by atoms with Crippen LogP contribution in [0.2, 0.25) is 0 Å². The first-order chi connectivity index (χ1) is 16.3. The van der Waals surface area contributed by atoms with Crippen molar-refractivity contribution in [1.82, 2.24) is 4.90 Å². The maximum absolute atomic E-state index is 13.2. The number of benzene rings is 2. The van der Waals surface area contributed by atoms with Crippen molar-refractivity contribution in [2.75, 3.05) is 33.9 Å². The molecular formula is C28H36ClFN2O3. The Balaban J connectivity index is 0.00000432. The molecule has 1 aliphatic rings. The molecule has 1 unspecified atom stereocenters. The predicted octanol–water partition coefficient (Wildman–Crippen LogP) is 6.06. The molecule has 1 aliphatic heterocycles. The summed E-state index contributed by atoms with van der Waals surface area (Å²) in [6.45, 7) is 6.78. The van der Waals surface area contributed by atoms with E-state index in [0.717, 1.165) is 50.9 Å². The second-order valence-corrected chi connectivity index (χ2v) is 9.40. The van der Waals surface area contributed by atoms with Crippen LogP contribution in [0.5, 0.6) is 11.5 Å². The van der Waals surface area contributed by atoms with Crippen LogP contribution in [0.15, 0.2) is 42.5 Å². The summed E-state index contributed by atoms with van der Waals surface area (Å²) >= 11 is 0. The molecule has 2 aromatic carbocycles. The topological polar surface area (TPSA) is 62.6 Å². The Morgan fingerprint density at radius 3 is 2.29 bits per heavy atom. The van der Waals surface area contributed by atoms with Gasteiger partial charge >= 0.3 is 0 Å². The van der Waals surface area contributed by atoms with Crippen LogP contribution in [-0.4, -0.2) is 44.5 Å². The van der Waals surface area contributed by atoms with E-state index < -0.39 is 5.41 Å². The second-order valence-electron chi connectivity index (χ2n) is 9.40. The van der Waals surface area contributed by atoms with Crippen LogP contribution >= 0.6 is 12.4 Å². The van der Waals surface area contributed by atoms with E-state index in [4.69, 9.17) is 9.47 Å². The van der Waals surface area contributed by atoms with Gasteiger partial charge in [-0.3, -0.25) is 4.79 Å². The van der Waals surface area contributed by atoms with E-state index in [0.29, 0.717) is 17.1 Å². The molecule has 5 nitrogen and oxygen atoms in total. The maximum Gasteiger partial charge on any atom is 0.166 e. The van der Waals surface area contributed by atoms with Crippen molar-refractivity contribution in [3.63, 3.8) is 0 Å². The first kappa shape index (κ1) is 28.6. The summed E-state index contributed by atoms with van der Waals surface area (Å²) in [5.74, 6) is 1.19. The number of nitriles is 1. The van der Waals surface area contributed by atoms with Crippen molar-refractivity contribution < 1.29 is 18.7 Å². The molecule has 0 radical (unpaired) electrons. The summed E-state index contributed by atoms with van der Waals surface area (Å²) < 4.78 is 24.0. The monoisotopic (exact) mass is 502 g/mol. The standard InChI is InChI=1S/C28H35FN2O3.ClH/c1-20(2)28(19-30,23-8-11-25(33-3)26(18-23)34-4)14-5-15-31-16-12-22(13-17-31)27(32)21-6-9-24(29)10-7-21;/h6-11,18,20,22H,5,12-17H2,1-4H3;1H. The normalized spacial score (nSPS) is 16.1. The average molecular weight is 503 g/mol. The van der Waals surface area contributed by atoms with Crippen molar-refractivity contribution in [2.45, 2.75) is 44.9 Å². The summed E-state index contributed by atoms with van der Waals surface area (Å²) in [7, 11) is 3.21. The first-order valence-corrected chi connectivity index (χ1v) is 12.0. The fourth-order valence-corrected chi connectivity index (χ4v) is 4.98. The molecule has 1 heterocycles. The Hall–Kier alpha value is -2.62. The zero-order valence-corrected chi connectivity index (χ0v) is 21.9. The molecule has 1 saturated heterocycles. The van der Waals surface area contributed by atoms with Crippen molar-refractivity contribution in [3.05, 3.63) is 59.4 Å². The van der Waals surface area contributed by atoms with Gasteiger partial charge in [0.05, 0.1) is 25.7 Å². The minimum Gasteiger partial charge on any atom is -0.493 e. The maximum atomic E-state index is 13.2. The number of carbonyl (C=O) groups excluding carboxylic acids is 1. The summed E-state index contributed by atoms with van der Waals surface area (Å²) in [5.41, 5.74) is 0.924. The lowest BCUT2D eigenvalue weighted by atomic mass is 9.69. The molecule has 1 fully saturated rings. The van der Waals surface area contributed by atoms with Crippen LogP contribution in [-0.2, 0) is 5.41 Å². The van der Waals surface area contributed by atoms with E-state index in [9.17, 15) is 14.4 Å². The first-order valence-electron chi connectivity index (χ1n) is 12.0. The molecule has 7 heteroatoms. The van der Waals surface area contributed by atoms with Crippen LogP contribution in [0.25, 0.3) is 0 Å². The van der Waals surface area contributed by atoms with E-state index in [1.54, 1.807) is 26.4 Å². The highest BCUT2D eigenvalue weighted by molar-refractivity contribution is 5.97. The lowest BCUT2D eigenvalue weighted by Gasteiger charge is -2.34. The number of ether oxygens (including phenoxy) is 2. The number of methoxy groups -OCH3 is 2. The van der Waals surface area contributed by atoms with Gasteiger partial charge in [-0.05, 0) is 93.2 Å². The Bertz CT molecular complexity index is 1010. The number of hydrogen-bond donors (Lipinski definition) is 0. The van der Waals surface area contributed by atoms with Crippen LogP contribution in [0.4, 0.5) is 4.39 Å². The molecule has 0 saturated carbocycles. The number of likely N-dealkylation sites (tertiary alicyclic amines) is 1. The number of rotatable bonds is 10. The lowest BCUT2D eigenvalue weighted by molar-refractivity contribution is 0.0837. The number of carbonyl (C=O) groups is 1. The molecule has 0 bridgehead atoms. The fraction of sp³-hybridized carbons (Fsp3) is 0.500. The van der Waals surface area contributed by atoms with Crippen LogP contribution in [0.3, 0.4) is 0 Å². The number of Topliss-reactive ketones (excluding diaryl/α,β-unsaturated/α-hetero) is 1. The Morgan fingerprint density at radius 1 is 1.11 bits per heavy atom. The highest BCUT2D eigenvalue weighted by Crippen LogP contribution is 2.40. The van der Waals surface area contributed by atoms with E-state index in [1.807, 2.05) is 18.2 Å². The van der Waals surface area contributed by atoms with Crippen molar-refractivity contribution >= 4 is 18.2 Å². The SMILES string of the molecule is COc1ccc(C(C#N)(CCCN2CCC(C(=O)c3ccc(F)cc3)CC2)C(C)C)cc1OC.Cl. The van der Waals surface area contributed by atoms with Crippen LogP contribution < -0.4 is 9.47 Å². The molecule has 0 amide bonds. The number of ketones is 1. The summed E-state index contributed by atoms with van der Waals surface area (Å²) in [4.78, 5) is 15.1. The van der Waals surface area contributed by atoms with Gasteiger partial charge in [-0.2, -0.15) is 5.26 Å². The number of hydrogen-bond acceptors (Lipinski definition) is 5. The van der Waals surface area contributed by atoms with Gasteiger partial charge in [0, 0.05) is 11.5 Å². The molecule has 1 atom stereocenters. The largest absolute Gasteiger partial charge is 0.493 e. The van der Waals surface area contributed by atoms with Crippen LogP contribution in [0.1, 0.15) is 55.5 Å². The van der Waals surface area contributed by atoms with Crippen LogP contribution in [0, 0.1) is 29.0 Å². The van der Waals surface area contributed by atoms with E-state index in [-0.39, 0.29) is 35.8 Å². The number of halogens is 2. The quantitative estimate of drug-likeness (QED) is 0.370. The van der Waals surface area contributed by atoms with Crippen molar-refractivity contribution in [2.24, 2.45) is 11.8 Å². The molecule has 0 aromatic heterocycles. The smallest absolute Gasteiger partial charge is 0.166 e. The molecule has 2 aromatic rings. The third kappa shape index (κ3) is 6.54. The molecule has 0 spiro atoms. The average Bonchev–Trinajstić information content (AvgIpc) is 2.86. The molecule has 190 valence electrons. The van der Waals surface area contributed by atoms with E-state index in [1.165, 1.54) is 12.1 Å². The van der Waals surface area contributed by atoms with Crippen molar-refractivity contribution in [3.8, 4) is 17.6 Å². The minimum atomic E-state index is -0.615. The summed E-state index contributed by atoms with van der Waals surface area (Å²) in [5, 5.41) is 10.3. The third-order valence-electron chi connectivity index (χ3n) is 7.22. The molecule has 35 heavy (non-hydrogen) atoms. The van der Waals surface area contributed by atoms with E-state index in [2.05, 4.69) is 24.8 Å². The zero-order chi connectivity index (χ0) is 24.7. The van der Waals surface area contributed by atoms with E-state index >= 15 is 0 Å². The Kier molecular flexibility index (Phi) is 10.5. The van der Waals surface area contributed by atoms with Gasteiger partial charge in [0.25, 0.3) is 0 Å². The van der Waals surface area contributed by atoms with Gasteiger partial charge in [0.1, 0.15) is 5.82 Å². The molecule has 0 N–H and O–H groups in total. The van der Waals surface area contributed by atoms with Gasteiger partial charge in [0.2, 0.25) is 0 Å². The summed E-state index contributed by atoms with van der Waals surface area (Å²) in [6.07, 6.45) is 3.24. The van der Waals surface area contributed by atoms with Gasteiger partial charge in [-0.15, -0.1) is 12.4 Å². The lowest BCUT2D eigenvalue weighted by Crippen LogP contribution is -2.38. The molecular weight excluding hydrogens is 467 g/mol. The third-order valence-corrected chi connectivity index (χ3v) is 7.22. The Morgan fingerprint density at radius 2 is 1.74 bits per heavy atom. The number of piperidine rings is 1. The summed E-state index contributed by atoms with van der Waals surface area (Å²) in [6, 6.07) is 14.2. The minimum absolute atomic E-state index is 0. The molecule has 3 rings (SSSR count). The number of nitrogens with zero attached hydrogens (tertiary/aromatic N) is 2. The van der Waals surface area contributed by atoms with Gasteiger partial charge in [-0.25, -0.2) is 4.39 Å². The second kappa shape index (κ2) is 12.9. The highest BCUT2D eigenvalue weighted by atomic mass is 35.5.